The first-order chi connectivity index (χ1) is 13.2. The minimum atomic E-state index is -0.707. The molecule has 1 rings (SSSR count). The van der Waals surface area contributed by atoms with Crippen LogP contribution in [-0.2, 0) is 25.5 Å². The SMILES string of the molecule is CCOCC(=O)[C@H](CC(C)C)NC(=O)[C@H](CC(C)C)NC(=O)Cc1c[nH]cn1. The van der Waals surface area contributed by atoms with E-state index >= 15 is 0 Å². The van der Waals surface area contributed by atoms with Crippen LogP contribution in [0.5, 0.6) is 0 Å². The zero-order valence-corrected chi connectivity index (χ0v) is 17.6. The quantitative estimate of drug-likeness (QED) is 0.470. The number of aromatic nitrogens is 2. The normalized spacial score (nSPS) is 13.4. The van der Waals surface area contributed by atoms with Gasteiger partial charge >= 0.3 is 0 Å². The predicted octanol–water partition coefficient (Wildman–Crippen LogP) is 1.62. The van der Waals surface area contributed by atoms with E-state index in [9.17, 15) is 14.4 Å². The molecule has 3 N–H and O–H groups in total. The Morgan fingerprint density at radius 3 is 2.25 bits per heavy atom. The van der Waals surface area contributed by atoms with Gasteiger partial charge in [-0.3, -0.25) is 14.4 Å². The van der Waals surface area contributed by atoms with Gasteiger partial charge in [-0.25, -0.2) is 4.98 Å². The van der Waals surface area contributed by atoms with Crippen molar-refractivity contribution >= 4 is 17.6 Å². The summed E-state index contributed by atoms with van der Waals surface area (Å²) in [6.45, 7) is 10.2. The minimum Gasteiger partial charge on any atom is -0.374 e. The summed E-state index contributed by atoms with van der Waals surface area (Å²) >= 11 is 0. The lowest BCUT2D eigenvalue weighted by molar-refractivity contribution is -0.133. The summed E-state index contributed by atoms with van der Waals surface area (Å²) in [4.78, 5) is 44.4. The fraction of sp³-hybridized carbons (Fsp3) is 0.700. The Kier molecular flexibility index (Phi) is 10.4. The van der Waals surface area contributed by atoms with Gasteiger partial charge in [0.1, 0.15) is 12.6 Å². The summed E-state index contributed by atoms with van der Waals surface area (Å²) in [6, 6.07) is -1.34. The van der Waals surface area contributed by atoms with Gasteiger partial charge in [0, 0.05) is 12.8 Å². The molecule has 8 heteroatoms. The Morgan fingerprint density at radius 2 is 1.71 bits per heavy atom. The monoisotopic (exact) mass is 394 g/mol. The van der Waals surface area contributed by atoms with Gasteiger partial charge in [-0.05, 0) is 31.6 Å². The van der Waals surface area contributed by atoms with E-state index in [1.54, 1.807) is 6.20 Å². The fourth-order valence-electron chi connectivity index (χ4n) is 2.82. The van der Waals surface area contributed by atoms with E-state index in [0.29, 0.717) is 25.1 Å². The minimum absolute atomic E-state index is 0.0332. The molecule has 158 valence electrons. The van der Waals surface area contributed by atoms with Gasteiger partial charge in [-0.2, -0.15) is 0 Å². The van der Waals surface area contributed by atoms with Crippen molar-refractivity contribution in [2.45, 2.75) is 66.0 Å². The molecule has 1 heterocycles. The standard InChI is InChI=1S/C20H34N4O4/c1-6-28-11-18(25)16(7-13(2)3)24-20(27)17(8-14(4)5)23-19(26)9-15-10-21-12-22-15/h10,12-14,16-17H,6-9,11H2,1-5H3,(H,21,22)(H,23,26)(H,24,27)/t16-,17-/m0/s1. The molecular weight excluding hydrogens is 360 g/mol. The number of nitrogens with one attached hydrogen (secondary N) is 3. The Labute approximate surface area is 167 Å². The predicted molar refractivity (Wildman–Crippen MR) is 107 cm³/mol. The highest BCUT2D eigenvalue weighted by Gasteiger charge is 2.27. The number of hydrogen-bond donors (Lipinski definition) is 3. The van der Waals surface area contributed by atoms with Gasteiger partial charge in [-0.15, -0.1) is 0 Å². The lowest BCUT2D eigenvalue weighted by Crippen LogP contribution is -2.53. The lowest BCUT2D eigenvalue weighted by Gasteiger charge is -2.25. The zero-order valence-electron chi connectivity index (χ0n) is 17.6. The molecule has 0 aliphatic rings. The molecule has 0 aromatic carbocycles. The third-order valence-electron chi connectivity index (χ3n) is 4.12. The summed E-state index contributed by atoms with van der Waals surface area (Å²) in [7, 11) is 0. The second-order valence-electron chi connectivity index (χ2n) is 7.78. The van der Waals surface area contributed by atoms with Crippen molar-refractivity contribution < 1.29 is 19.1 Å². The van der Waals surface area contributed by atoms with Crippen LogP contribution in [0.15, 0.2) is 12.5 Å². The van der Waals surface area contributed by atoms with Gasteiger partial charge in [-0.1, -0.05) is 27.7 Å². The molecule has 0 spiro atoms. The first kappa shape index (κ1) is 23.8. The summed E-state index contributed by atoms with van der Waals surface area (Å²) in [5.74, 6) is -0.360. The highest BCUT2D eigenvalue weighted by atomic mass is 16.5. The summed E-state index contributed by atoms with van der Waals surface area (Å²) in [5.41, 5.74) is 0.603. The van der Waals surface area contributed by atoms with Crippen LogP contribution in [0.25, 0.3) is 0 Å². The van der Waals surface area contributed by atoms with Crippen LogP contribution in [0.3, 0.4) is 0 Å². The number of rotatable bonds is 13. The number of carbonyl (C=O) groups is 3. The number of ether oxygens (including phenoxy) is 1. The molecule has 0 aliphatic heterocycles. The molecule has 0 aliphatic carbocycles. The van der Waals surface area contributed by atoms with Gasteiger partial charge in [0.25, 0.3) is 0 Å². The number of H-pyrrole nitrogens is 1. The second kappa shape index (κ2) is 12.3. The van der Waals surface area contributed by atoms with Crippen LogP contribution in [0.2, 0.25) is 0 Å². The van der Waals surface area contributed by atoms with Crippen molar-refractivity contribution in [1.29, 1.82) is 0 Å². The number of carbonyl (C=O) groups excluding carboxylic acids is 3. The average molecular weight is 395 g/mol. The number of imidazole rings is 1. The van der Waals surface area contributed by atoms with E-state index in [2.05, 4.69) is 20.6 Å². The van der Waals surface area contributed by atoms with Crippen LogP contribution >= 0.6 is 0 Å². The third kappa shape index (κ3) is 9.12. The number of nitrogens with zero attached hydrogens (tertiary/aromatic N) is 1. The molecule has 8 nitrogen and oxygen atoms in total. The van der Waals surface area contributed by atoms with Crippen LogP contribution in [0.4, 0.5) is 0 Å². The molecule has 0 bridgehead atoms. The second-order valence-corrected chi connectivity index (χ2v) is 7.78. The van der Waals surface area contributed by atoms with Crippen LogP contribution in [0, 0.1) is 11.8 Å². The molecule has 28 heavy (non-hydrogen) atoms. The fourth-order valence-corrected chi connectivity index (χ4v) is 2.82. The highest BCUT2D eigenvalue weighted by molar-refractivity contribution is 5.93. The average Bonchev–Trinajstić information content (AvgIpc) is 3.10. The number of hydrogen-bond acceptors (Lipinski definition) is 5. The van der Waals surface area contributed by atoms with E-state index < -0.39 is 12.1 Å². The van der Waals surface area contributed by atoms with E-state index in [0.717, 1.165) is 0 Å². The van der Waals surface area contributed by atoms with Crippen molar-refractivity contribution in [2.24, 2.45) is 11.8 Å². The smallest absolute Gasteiger partial charge is 0.243 e. The number of ketones is 1. The Hall–Kier alpha value is -2.22. The van der Waals surface area contributed by atoms with Crippen molar-refractivity contribution in [3.63, 3.8) is 0 Å². The van der Waals surface area contributed by atoms with E-state index in [1.807, 2.05) is 34.6 Å². The van der Waals surface area contributed by atoms with Crippen molar-refractivity contribution in [2.75, 3.05) is 13.2 Å². The summed E-state index contributed by atoms with van der Waals surface area (Å²) in [6.07, 6.45) is 4.23. The zero-order chi connectivity index (χ0) is 21.1. The molecular formula is C20H34N4O4. The Morgan fingerprint density at radius 1 is 1.07 bits per heavy atom. The molecule has 2 amide bonds. The number of aromatic amines is 1. The van der Waals surface area contributed by atoms with E-state index in [1.165, 1.54) is 6.33 Å². The topological polar surface area (TPSA) is 113 Å². The number of amides is 2. The van der Waals surface area contributed by atoms with Gasteiger partial charge in [0.2, 0.25) is 11.8 Å². The first-order valence-electron chi connectivity index (χ1n) is 9.90. The van der Waals surface area contributed by atoms with Gasteiger partial charge < -0.3 is 20.4 Å². The molecule has 0 saturated heterocycles. The molecule has 1 aromatic rings. The molecule has 0 fully saturated rings. The number of Topliss-reactive ketones (excluding diaryl/α,β-unsaturated/α-hetero) is 1. The highest BCUT2D eigenvalue weighted by Crippen LogP contribution is 2.10. The summed E-state index contributed by atoms with van der Waals surface area (Å²) in [5, 5.41) is 5.60. The van der Waals surface area contributed by atoms with Crippen LogP contribution in [0.1, 0.15) is 53.2 Å². The summed E-state index contributed by atoms with van der Waals surface area (Å²) < 4.78 is 5.21. The third-order valence-corrected chi connectivity index (χ3v) is 4.12. The van der Waals surface area contributed by atoms with E-state index in [4.69, 9.17) is 4.74 Å². The maximum Gasteiger partial charge on any atom is 0.243 e. The van der Waals surface area contributed by atoms with Crippen LogP contribution < -0.4 is 10.6 Å². The molecule has 0 radical (unpaired) electrons. The maximum atomic E-state index is 12.8. The van der Waals surface area contributed by atoms with Crippen molar-refractivity contribution in [3.8, 4) is 0 Å². The maximum absolute atomic E-state index is 12.8. The Balaban J connectivity index is 2.78. The molecule has 1 aromatic heterocycles. The van der Waals surface area contributed by atoms with E-state index in [-0.39, 0.29) is 42.5 Å². The van der Waals surface area contributed by atoms with Crippen LogP contribution in [-0.4, -0.2) is 52.9 Å². The molecule has 0 unspecified atom stereocenters. The van der Waals surface area contributed by atoms with Crippen molar-refractivity contribution in [1.82, 2.24) is 20.6 Å². The largest absolute Gasteiger partial charge is 0.374 e. The lowest BCUT2D eigenvalue weighted by atomic mass is 9.98. The van der Waals surface area contributed by atoms with Gasteiger partial charge in [0.15, 0.2) is 5.78 Å². The molecule has 2 atom stereocenters. The first-order valence-corrected chi connectivity index (χ1v) is 9.90. The molecule has 0 saturated carbocycles. The van der Waals surface area contributed by atoms with Crippen molar-refractivity contribution in [3.05, 3.63) is 18.2 Å². The van der Waals surface area contributed by atoms with Gasteiger partial charge in [0.05, 0.1) is 24.5 Å². The Bertz CT molecular complexity index is 614.